The highest BCUT2D eigenvalue weighted by Crippen LogP contribution is 2.16. The summed E-state index contributed by atoms with van der Waals surface area (Å²) in [5.74, 6) is -1.40. The molecule has 1 aliphatic heterocycles. The molecule has 0 radical (unpaired) electrons. The van der Waals surface area contributed by atoms with Gasteiger partial charge in [0.2, 0.25) is 0 Å². The normalized spacial score (nSPS) is 14.3. The van der Waals surface area contributed by atoms with Gasteiger partial charge in [-0.3, -0.25) is 14.6 Å². The van der Waals surface area contributed by atoms with E-state index in [1.165, 1.54) is 12.1 Å². The largest absolute Gasteiger partial charge is 0.368 e. The standard InChI is InChI=1S/C18H19FN4O2/c19-15-1-3-16(4-2-15)22-9-11-23(12-10-22)18(25)17(24)21-13-14-5-7-20-8-6-14/h1-8H,9-13H2,(H,21,24). The van der Waals surface area contributed by atoms with Gasteiger partial charge in [0.15, 0.2) is 0 Å². The third-order valence-corrected chi connectivity index (χ3v) is 4.16. The Labute approximate surface area is 145 Å². The molecule has 1 fully saturated rings. The number of carbonyl (C=O) groups is 2. The zero-order valence-electron chi connectivity index (χ0n) is 13.7. The number of halogens is 1. The van der Waals surface area contributed by atoms with E-state index in [0.29, 0.717) is 32.7 Å². The fourth-order valence-electron chi connectivity index (χ4n) is 2.72. The van der Waals surface area contributed by atoms with E-state index < -0.39 is 11.8 Å². The van der Waals surface area contributed by atoms with Crippen molar-refractivity contribution in [3.63, 3.8) is 0 Å². The molecule has 2 heterocycles. The van der Waals surface area contributed by atoms with Crippen molar-refractivity contribution in [1.82, 2.24) is 15.2 Å². The van der Waals surface area contributed by atoms with Crippen LogP contribution < -0.4 is 10.2 Å². The summed E-state index contributed by atoms with van der Waals surface area (Å²) in [7, 11) is 0. The van der Waals surface area contributed by atoms with Crippen molar-refractivity contribution in [2.45, 2.75) is 6.54 Å². The maximum absolute atomic E-state index is 13.0. The van der Waals surface area contributed by atoms with Crippen LogP contribution in [0, 0.1) is 5.82 Å². The van der Waals surface area contributed by atoms with Crippen LogP contribution in [-0.2, 0) is 16.1 Å². The lowest BCUT2D eigenvalue weighted by atomic mass is 10.2. The predicted molar refractivity (Wildman–Crippen MR) is 91.3 cm³/mol. The number of amides is 2. The Bertz CT molecular complexity index is 729. The van der Waals surface area contributed by atoms with Crippen molar-refractivity contribution < 1.29 is 14.0 Å². The molecule has 0 atom stereocenters. The molecule has 130 valence electrons. The second-order valence-corrected chi connectivity index (χ2v) is 5.79. The van der Waals surface area contributed by atoms with Crippen LogP contribution >= 0.6 is 0 Å². The van der Waals surface area contributed by atoms with Crippen LogP contribution in [0.2, 0.25) is 0 Å². The van der Waals surface area contributed by atoms with Crippen molar-refractivity contribution in [2.24, 2.45) is 0 Å². The molecule has 3 rings (SSSR count). The molecular formula is C18H19FN4O2. The van der Waals surface area contributed by atoms with Gasteiger partial charge in [0.1, 0.15) is 5.82 Å². The minimum Gasteiger partial charge on any atom is -0.368 e. The van der Waals surface area contributed by atoms with Crippen LogP contribution in [0.25, 0.3) is 0 Å². The minimum absolute atomic E-state index is 0.275. The molecule has 0 aliphatic carbocycles. The molecule has 2 aromatic rings. The van der Waals surface area contributed by atoms with Gasteiger partial charge in [0, 0.05) is 50.8 Å². The molecule has 1 aliphatic rings. The molecule has 1 N–H and O–H groups in total. The molecule has 0 unspecified atom stereocenters. The summed E-state index contributed by atoms with van der Waals surface area (Å²) < 4.78 is 13.0. The monoisotopic (exact) mass is 342 g/mol. The fraction of sp³-hybridized carbons (Fsp3) is 0.278. The number of hydrogen-bond acceptors (Lipinski definition) is 4. The van der Waals surface area contributed by atoms with Gasteiger partial charge in [-0.15, -0.1) is 0 Å². The van der Waals surface area contributed by atoms with E-state index in [-0.39, 0.29) is 5.82 Å². The Balaban J connectivity index is 1.49. The second-order valence-electron chi connectivity index (χ2n) is 5.79. The molecule has 6 nitrogen and oxygen atoms in total. The number of pyridine rings is 1. The van der Waals surface area contributed by atoms with E-state index in [2.05, 4.69) is 15.2 Å². The van der Waals surface area contributed by atoms with Gasteiger partial charge in [-0.05, 0) is 42.0 Å². The number of hydrogen-bond donors (Lipinski definition) is 1. The van der Waals surface area contributed by atoms with Crippen molar-refractivity contribution in [1.29, 1.82) is 0 Å². The minimum atomic E-state index is -0.605. The first-order valence-corrected chi connectivity index (χ1v) is 8.10. The number of aromatic nitrogens is 1. The molecule has 7 heteroatoms. The van der Waals surface area contributed by atoms with E-state index >= 15 is 0 Å². The Kier molecular flexibility index (Phi) is 5.23. The number of anilines is 1. The smallest absolute Gasteiger partial charge is 0.312 e. The summed E-state index contributed by atoms with van der Waals surface area (Å²) in [6, 6.07) is 9.83. The Morgan fingerprint density at radius 3 is 2.28 bits per heavy atom. The van der Waals surface area contributed by atoms with Gasteiger partial charge in [0.05, 0.1) is 0 Å². The molecule has 0 bridgehead atoms. The van der Waals surface area contributed by atoms with Gasteiger partial charge >= 0.3 is 11.8 Å². The summed E-state index contributed by atoms with van der Waals surface area (Å²) in [5, 5.41) is 2.63. The van der Waals surface area contributed by atoms with E-state index in [9.17, 15) is 14.0 Å². The topological polar surface area (TPSA) is 65.5 Å². The Morgan fingerprint density at radius 2 is 1.64 bits per heavy atom. The summed E-state index contributed by atoms with van der Waals surface area (Å²) in [4.78, 5) is 31.8. The van der Waals surface area contributed by atoms with E-state index in [0.717, 1.165) is 11.3 Å². The lowest BCUT2D eigenvalue weighted by molar-refractivity contribution is -0.146. The maximum atomic E-state index is 13.0. The summed E-state index contributed by atoms with van der Waals surface area (Å²) in [6.45, 7) is 2.42. The van der Waals surface area contributed by atoms with E-state index in [1.807, 2.05) is 0 Å². The first-order chi connectivity index (χ1) is 12.1. The summed E-state index contributed by atoms with van der Waals surface area (Å²) >= 11 is 0. The quantitative estimate of drug-likeness (QED) is 0.851. The van der Waals surface area contributed by atoms with Crippen molar-refractivity contribution in [3.05, 3.63) is 60.2 Å². The van der Waals surface area contributed by atoms with Crippen LogP contribution in [0.5, 0.6) is 0 Å². The highest BCUT2D eigenvalue weighted by Gasteiger charge is 2.25. The second kappa shape index (κ2) is 7.74. The van der Waals surface area contributed by atoms with E-state index in [4.69, 9.17) is 0 Å². The van der Waals surface area contributed by atoms with Gasteiger partial charge in [-0.1, -0.05) is 0 Å². The fourth-order valence-corrected chi connectivity index (χ4v) is 2.72. The number of carbonyl (C=O) groups excluding carboxylic acids is 2. The van der Waals surface area contributed by atoms with Gasteiger partial charge in [-0.25, -0.2) is 4.39 Å². The molecule has 1 aromatic carbocycles. The number of nitrogens with one attached hydrogen (secondary N) is 1. The Hall–Kier alpha value is -2.96. The van der Waals surface area contributed by atoms with Crippen molar-refractivity contribution >= 4 is 17.5 Å². The van der Waals surface area contributed by atoms with Crippen molar-refractivity contribution in [2.75, 3.05) is 31.1 Å². The van der Waals surface area contributed by atoms with Crippen LogP contribution in [0.15, 0.2) is 48.8 Å². The maximum Gasteiger partial charge on any atom is 0.312 e. The third-order valence-electron chi connectivity index (χ3n) is 4.16. The van der Waals surface area contributed by atoms with Crippen molar-refractivity contribution in [3.8, 4) is 0 Å². The number of piperazine rings is 1. The molecule has 1 saturated heterocycles. The van der Waals surface area contributed by atoms with E-state index in [1.54, 1.807) is 41.6 Å². The number of rotatable bonds is 3. The summed E-state index contributed by atoms with van der Waals surface area (Å²) in [6.07, 6.45) is 3.27. The van der Waals surface area contributed by atoms with Gasteiger partial charge in [-0.2, -0.15) is 0 Å². The first kappa shape index (κ1) is 16.9. The van der Waals surface area contributed by atoms with Crippen LogP contribution in [0.4, 0.5) is 10.1 Å². The van der Waals surface area contributed by atoms with Gasteiger partial charge in [0.25, 0.3) is 0 Å². The van der Waals surface area contributed by atoms with Gasteiger partial charge < -0.3 is 15.1 Å². The molecule has 0 spiro atoms. The van der Waals surface area contributed by atoms with Crippen LogP contribution in [0.1, 0.15) is 5.56 Å². The molecule has 2 amide bonds. The molecule has 1 aromatic heterocycles. The average molecular weight is 342 g/mol. The third kappa shape index (κ3) is 4.32. The zero-order chi connectivity index (χ0) is 17.6. The first-order valence-electron chi connectivity index (χ1n) is 8.10. The highest BCUT2D eigenvalue weighted by molar-refractivity contribution is 6.35. The average Bonchev–Trinajstić information content (AvgIpc) is 2.67. The number of benzene rings is 1. The summed E-state index contributed by atoms with van der Waals surface area (Å²) in [5.41, 5.74) is 1.80. The molecule has 0 saturated carbocycles. The molecule has 25 heavy (non-hydrogen) atoms. The number of nitrogens with zero attached hydrogens (tertiary/aromatic N) is 3. The molecular weight excluding hydrogens is 323 g/mol. The Morgan fingerprint density at radius 1 is 1.00 bits per heavy atom. The predicted octanol–water partition coefficient (Wildman–Crippen LogP) is 1.19. The lowest BCUT2D eigenvalue weighted by Gasteiger charge is -2.35. The van der Waals surface area contributed by atoms with Crippen LogP contribution in [0.3, 0.4) is 0 Å². The zero-order valence-corrected chi connectivity index (χ0v) is 13.7. The van der Waals surface area contributed by atoms with Crippen LogP contribution in [-0.4, -0.2) is 47.9 Å². The highest BCUT2D eigenvalue weighted by atomic mass is 19.1. The SMILES string of the molecule is O=C(NCc1ccncc1)C(=O)N1CCN(c2ccc(F)cc2)CC1. The lowest BCUT2D eigenvalue weighted by Crippen LogP contribution is -2.52.